The van der Waals surface area contributed by atoms with E-state index in [0.717, 1.165) is 6.07 Å². The third-order valence-electron chi connectivity index (χ3n) is 3.47. The molecule has 0 fully saturated rings. The number of hydrogen-bond acceptors (Lipinski definition) is 7. The van der Waals surface area contributed by atoms with Crippen molar-refractivity contribution in [2.45, 2.75) is 6.92 Å². The summed E-state index contributed by atoms with van der Waals surface area (Å²) in [5.41, 5.74) is -0.0124. The maximum absolute atomic E-state index is 11.9. The van der Waals surface area contributed by atoms with E-state index in [1.54, 1.807) is 19.1 Å². The number of aryl methyl sites for hydroxylation is 1. The van der Waals surface area contributed by atoms with Crippen molar-refractivity contribution in [1.29, 1.82) is 0 Å². The minimum absolute atomic E-state index is 0.0600. The number of phenolic OH excluding ortho intramolecular Hbond substituents is 1. The van der Waals surface area contributed by atoms with Crippen molar-refractivity contribution >= 4 is 23.3 Å². The number of anilines is 1. The molecule has 0 aliphatic carbocycles. The number of aromatic hydroxyl groups is 1. The van der Waals surface area contributed by atoms with Crippen molar-refractivity contribution in [3.63, 3.8) is 0 Å². The first-order valence-electron chi connectivity index (χ1n) is 7.41. The van der Waals surface area contributed by atoms with Crippen LogP contribution in [0.15, 0.2) is 36.4 Å². The number of amides is 1. The molecule has 0 aliphatic heterocycles. The van der Waals surface area contributed by atoms with Gasteiger partial charge in [0.05, 0.1) is 18.1 Å². The van der Waals surface area contributed by atoms with Gasteiger partial charge in [0.2, 0.25) is 0 Å². The lowest BCUT2D eigenvalue weighted by Crippen LogP contribution is -2.21. The number of nitrogens with zero attached hydrogens (tertiary/aromatic N) is 1. The van der Waals surface area contributed by atoms with Gasteiger partial charge < -0.3 is 19.9 Å². The number of methoxy groups -OCH3 is 1. The Balaban J connectivity index is 2.04. The largest absolute Gasteiger partial charge is 0.507 e. The van der Waals surface area contributed by atoms with Crippen LogP contribution in [-0.4, -0.2) is 35.6 Å². The fraction of sp³-hybridized carbons (Fsp3) is 0.176. The third kappa shape index (κ3) is 4.26. The van der Waals surface area contributed by atoms with Crippen LogP contribution < -0.4 is 10.1 Å². The number of hydrogen-bond donors (Lipinski definition) is 2. The van der Waals surface area contributed by atoms with Crippen LogP contribution in [-0.2, 0) is 9.53 Å². The number of carbonyl (C=O) groups excluding carboxylic acids is 2. The van der Waals surface area contributed by atoms with Gasteiger partial charge in [0.1, 0.15) is 22.7 Å². The zero-order chi connectivity index (χ0) is 19.3. The number of ether oxygens (including phenoxy) is 2. The highest BCUT2D eigenvalue weighted by molar-refractivity contribution is 5.98. The average molecular weight is 360 g/mol. The molecule has 0 saturated heterocycles. The first-order chi connectivity index (χ1) is 12.3. The second-order valence-corrected chi connectivity index (χ2v) is 5.24. The van der Waals surface area contributed by atoms with Crippen LogP contribution in [0.25, 0.3) is 0 Å². The van der Waals surface area contributed by atoms with Crippen molar-refractivity contribution < 1.29 is 29.1 Å². The molecule has 0 aliphatic rings. The van der Waals surface area contributed by atoms with Crippen LogP contribution in [0.5, 0.6) is 11.5 Å². The second-order valence-electron chi connectivity index (χ2n) is 5.24. The quantitative estimate of drug-likeness (QED) is 0.460. The van der Waals surface area contributed by atoms with Crippen molar-refractivity contribution in [1.82, 2.24) is 0 Å². The smallest absolute Gasteiger partial charge is 0.342 e. The fourth-order valence-corrected chi connectivity index (χ4v) is 2.11. The Labute approximate surface area is 148 Å². The summed E-state index contributed by atoms with van der Waals surface area (Å²) in [4.78, 5) is 34.3. The van der Waals surface area contributed by atoms with Crippen molar-refractivity contribution in [3.8, 4) is 11.5 Å². The molecule has 9 nitrogen and oxygen atoms in total. The lowest BCUT2D eigenvalue weighted by atomic mass is 10.1. The molecule has 0 radical (unpaired) electrons. The highest BCUT2D eigenvalue weighted by Gasteiger charge is 2.19. The lowest BCUT2D eigenvalue weighted by Gasteiger charge is -2.09. The molecule has 2 rings (SSSR count). The summed E-state index contributed by atoms with van der Waals surface area (Å²) in [6, 6.07) is 8.44. The molecule has 0 heterocycles. The number of esters is 1. The molecule has 1 amide bonds. The third-order valence-corrected chi connectivity index (χ3v) is 3.47. The Kier molecular flexibility index (Phi) is 5.74. The summed E-state index contributed by atoms with van der Waals surface area (Å²) in [5, 5.41) is 23.2. The molecule has 0 bridgehead atoms. The summed E-state index contributed by atoms with van der Waals surface area (Å²) in [6.45, 7) is 0.941. The first kappa shape index (κ1) is 18.7. The molecule has 26 heavy (non-hydrogen) atoms. The molecule has 9 heteroatoms. The van der Waals surface area contributed by atoms with Gasteiger partial charge in [-0.05, 0) is 30.7 Å². The molecule has 2 aromatic carbocycles. The predicted octanol–water partition coefficient (Wildman–Crippen LogP) is 2.41. The topological polar surface area (TPSA) is 128 Å². The van der Waals surface area contributed by atoms with Gasteiger partial charge in [0.15, 0.2) is 6.61 Å². The van der Waals surface area contributed by atoms with Gasteiger partial charge in [-0.15, -0.1) is 0 Å². The van der Waals surface area contributed by atoms with Crippen LogP contribution in [0, 0.1) is 17.0 Å². The number of carbonyl (C=O) groups is 2. The summed E-state index contributed by atoms with van der Waals surface area (Å²) in [6.07, 6.45) is 0. The van der Waals surface area contributed by atoms with Gasteiger partial charge in [-0.3, -0.25) is 14.9 Å². The van der Waals surface area contributed by atoms with Crippen LogP contribution in [0.4, 0.5) is 11.4 Å². The maximum Gasteiger partial charge on any atom is 0.342 e. The molecule has 0 unspecified atom stereocenters. The van der Waals surface area contributed by atoms with Gasteiger partial charge >= 0.3 is 5.97 Å². The van der Waals surface area contributed by atoms with E-state index in [1.807, 2.05) is 0 Å². The molecular weight excluding hydrogens is 344 g/mol. The number of phenols is 1. The highest BCUT2D eigenvalue weighted by Crippen LogP contribution is 2.29. The second kappa shape index (κ2) is 7.97. The lowest BCUT2D eigenvalue weighted by molar-refractivity contribution is -0.384. The zero-order valence-corrected chi connectivity index (χ0v) is 14.0. The standard InChI is InChI=1S/C17H16N2O7/c1-10-4-3-5-12(16(10)21)17(22)26-9-15(20)18-13-7-6-11(25-2)8-14(13)19(23)24/h3-8,21H,9H2,1-2H3,(H,18,20). The van der Waals surface area contributed by atoms with E-state index in [2.05, 4.69) is 5.32 Å². The molecule has 0 atom stereocenters. The molecule has 0 saturated carbocycles. The van der Waals surface area contributed by atoms with Gasteiger partial charge in [0, 0.05) is 0 Å². The van der Waals surface area contributed by atoms with E-state index in [4.69, 9.17) is 9.47 Å². The summed E-state index contributed by atoms with van der Waals surface area (Å²) in [7, 11) is 1.36. The number of benzene rings is 2. The summed E-state index contributed by atoms with van der Waals surface area (Å²) >= 11 is 0. The van der Waals surface area contributed by atoms with Crippen molar-refractivity contribution in [2.24, 2.45) is 0 Å². The van der Waals surface area contributed by atoms with E-state index >= 15 is 0 Å². The Hall–Kier alpha value is -3.62. The molecular formula is C17H16N2O7. The fourth-order valence-electron chi connectivity index (χ4n) is 2.11. The number of nitro benzene ring substituents is 1. The predicted molar refractivity (Wildman–Crippen MR) is 91.4 cm³/mol. The van der Waals surface area contributed by atoms with Gasteiger partial charge in [0.25, 0.3) is 11.6 Å². The highest BCUT2D eigenvalue weighted by atomic mass is 16.6. The molecule has 0 aromatic heterocycles. The summed E-state index contributed by atoms with van der Waals surface area (Å²) < 4.78 is 9.74. The SMILES string of the molecule is COc1ccc(NC(=O)COC(=O)c2cccc(C)c2O)c([N+](=O)[O-])c1. The number of rotatable bonds is 6. The van der Waals surface area contributed by atoms with Crippen LogP contribution in [0.2, 0.25) is 0 Å². The monoisotopic (exact) mass is 360 g/mol. The van der Waals surface area contributed by atoms with Crippen molar-refractivity contribution in [3.05, 3.63) is 57.6 Å². The molecule has 2 N–H and O–H groups in total. The Morgan fingerprint density at radius 3 is 2.65 bits per heavy atom. The summed E-state index contributed by atoms with van der Waals surface area (Å²) in [5.74, 6) is -1.62. The Morgan fingerprint density at radius 2 is 2.00 bits per heavy atom. The van der Waals surface area contributed by atoms with Gasteiger partial charge in [-0.25, -0.2) is 4.79 Å². The Bertz CT molecular complexity index is 864. The first-order valence-corrected chi connectivity index (χ1v) is 7.41. The van der Waals surface area contributed by atoms with Gasteiger partial charge in [-0.2, -0.15) is 0 Å². The van der Waals surface area contributed by atoms with Crippen LogP contribution in [0.3, 0.4) is 0 Å². The van der Waals surface area contributed by atoms with E-state index in [9.17, 15) is 24.8 Å². The van der Waals surface area contributed by atoms with E-state index in [-0.39, 0.29) is 28.4 Å². The molecule has 136 valence electrons. The maximum atomic E-state index is 11.9. The zero-order valence-electron chi connectivity index (χ0n) is 14.0. The van der Waals surface area contributed by atoms with E-state index in [1.165, 1.54) is 25.3 Å². The van der Waals surface area contributed by atoms with E-state index < -0.39 is 23.4 Å². The molecule has 0 spiro atoms. The normalized spacial score (nSPS) is 10.1. The van der Waals surface area contributed by atoms with Crippen LogP contribution in [0.1, 0.15) is 15.9 Å². The molecule has 2 aromatic rings. The van der Waals surface area contributed by atoms with E-state index in [0.29, 0.717) is 5.56 Å². The Morgan fingerprint density at radius 1 is 1.27 bits per heavy atom. The minimum atomic E-state index is -0.884. The minimum Gasteiger partial charge on any atom is -0.507 e. The average Bonchev–Trinajstić information content (AvgIpc) is 2.62. The number of nitro groups is 1. The van der Waals surface area contributed by atoms with Crippen molar-refractivity contribution in [2.75, 3.05) is 19.0 Å². The van der Waals surface area contributed by atoms with Crippen LogP contribution >= 0.6 is 0 Å². The number of para-hydroxylation sites is 1. The van der Waals surface area contributed by atoms with Gasteiger partial charge in [-0.1, -0.05) is 12.1 Å². The number of nitrogens with one attached hydrogen (secondary N) is 1.